The van der Waals surface area contributed by atoms with Gasteiger partial charge < -0.3 is 0 Å². The van der Waals surface area contributed by atoms with E-state index in [1.54, 1.807) is 0 Å². The van der Waals surface area contributed by atoms with Crippen LogP contribution in [0.25, 0.3) is 43.7 Å². The van der Waals surface area contributed by atoms with Gasteiger partial charge in [-0.3, -0.25) is 0 Å². The third-order valence-electron chi connectivity index (χ3n) is 7.34. The van der Waals surface area contributed by atoms with Crippen LogP contribution in [0.3, 0.4) is 0 Å². The van der Waals surface area contributed by atoms with Crippen molar-refractivity contribution in [3.63, 3.8) is 0 Å². The van der Waals surface area contributed by atoms with Crippen molar-refractivity contribution < 1.29 is 0 Å². The number of hydrogen-bond donors (Lipinski definition) is 0. The van der Waals surface area contributed by atoms with Crippen molar-refractivity contribution in [2.75, 3.05) is 0 Å². The monoisotopic (exact) mass is 569 g/mol. The Labute approximate surface area is 230 Å². The zero-order valence-corrected chi connectivity index (χ0v) is 23.3. The van der Waals surface area contributed by atoms with Crippen LogP contribution in [0.2, 0.25) is 0 Å². The fourth-order valence-electron chi connectivity index (χ4n) is 5.41. The van der Waals surface area contributed by atoms with Crippen molar-refractivity contribution in [2.24, 2.45) is 0 Å². The third-order valence-corrected chi connectivity index (χ3v) is 14.3. The molecule has 7 rings (SSSR count). The molecule has 3 heteroatoms. The summed E-state index contributed by atoms with van der Waals surface area (Å²) in [5.74, 6) is 0. The van der Waals surface area contributed by atoms with Crippen LogP contribution in [0.4, 0.5) is 0 Å². The standard InChI is InChI=1S/C35H24NPSe/c38-37(29-12-2-1-3-13-29,34-16-8-11-25-9-4-6-14-31(25)34)30-22-19-27(20-23-30)33-24-21-28-18-17-26-10-5-7-15-32(26)35(28)36-33/h1-24H. The van der Waals surface area contributed by atoms with Gasteiger partial charge in [-0.15, -0.1) is 0 Å². The van der Waals surface area contributed by atoms with Crippen molar-refractivity contribution >= 4 is 69.0 Å². The van der Waals surface area contributed by atoms with Gasteiger partial charge in [0.15, 0.2) is 0 Å². The van der Waals surface area contributed by atoms with Gasteiger partial charge in [0.2, 0.25) is 0 Å². The summed E-state index contributed by atoms with van der Waals surface area (Å²) in [6, 6.07) is 52.5. The normalized spacial score (nSPS) is 13.1. The Kier molecular flexibility index (Phi) is 5.83. The molecule has 1 heterocycles. The van der Waals surface area contributed by atoms with E-state index in [0.717, 1.165) is 22.2 Å². The van der Waals surface area contributed by atoms with Gasteiger partial charge in [0, 0.05) is 0 Å². The fraction of sp³-hybridized carbons (Fsp3) is 0. The van der Waals surface area contributed by atoms with E-state index in [9.17, 15) is 0 Å². The Morgan fingerprint density at radius 2 is 1.03 bits per heavy atom. The van der Waals surface area contributed by atoms with E-state index in [4.69, 9.17) is 4.98 Å². The van der Waals surface area contributed by atoms with E-state index in [1.165, 1.54) is 37.5 Å². The van der Waals surface area contributed by atoms with Gasteiger partial charge in [0.05, 0.1) is 0 Å². The first kappa shape index (κ1) is 23.3. The summed E-state index contributed by atoms with van der Waals surface area (Å²) >= 11 is 3.73. The van der Waals surface area contributed by atoms with E-state index in [0.29, 0.717) is 0 Å². The molecule has 0 aliphatic heterocycles. The molecule has 0 radical (unpaired) electrons. The van der Waals surface area contributed by atoms with Crippen LogP contribution in [0.1, 0.15) is 0 Å². The Morgan fingerprint density at radius 3 is 1.82 bits per heavy atom. The first-order chi connectivity index (χ1) is 18.7. The number of fused-ring (bicyclic) bond motifs is 4. The molecule has 0 N–H and O–H groups in total. The maximum absolute atomic E-state index is 5.12. The number of rotatable bonds is 4. The topological polar surface area (TPSA) is 12.9 Å². The average Bonchev–Trinajstić information content (AvgIpc) is 3.00. The number of aromatic nitrogens is 1. The van der Waals surface area contributed by atoms with Crippen LogP contribution >= 0.6 is 5.51 Å². The molecule has 6 aromatic carbocycles. The zero-order chi connectivity index (χ0) is 25.5. The molecule has 0 saturated carbocycles. The predicted molar refractivity (Wildman–Crippen MR) is 167 cm³/mol. The van der Waals surface area contributed by atoms with Crippen LogP contribution in [-0.2, 0) is 0 Å². The summed E-state index contributed by atoms with van der Waals surface area (Å²) in [4.78, 5) is 5.12. The molecule has 7 aromatic rings. The summed E-state index contributed by atoms with van der Waals surface area (Å²) in [5, 5.41) is 10.2. The number of nitrogens with zero attached hydrogens (tertiary/aromatic N) is 1. The first-order valence-electron chi connectivity index (χ1n) is 12.8. The third kappa shape index (κ3) is 3.85. The molecule has 1 unspecified atom stereocenters. The van der Waals surface area contributed by atoms with Crippen molar-refractivity contribution in [2.45, 2.75) is 0 Å². The Balaban J connectivity index is 1.38. The molecular formula is C35H24NPSe. The molecule has 1 nitrogen and oxygen atoms in total. The van der Waals surface area contributed by atoms with E-state index >= 15 is 0 Å². The van der Waals surface area contributed by atoms with E-state index in [2.05, 4.69) is 161 Å². The van der Waals surface area contributed by atoms with Crippen LogP contribution in [-0.4, -0.2) is 20.1 Å². The molecule has 0 saturated heterocycles. The van der Waals surface area contributed by atoms with Gasteiger partial charge >= 0.3 is 231 Å². The molecule has 0 aliphatic carbocycles. The van der Waals surface area contributed by atoms with E-state index in [-0.39, 0.29) is 0 Å². The van der Waals surface area contributed by atoms with Crippen LogP contribution in [0, 0.1) is 0 Å². The van der Waals surface area contributed by atoms with Gasteiger partial charge in [-0.25, -0.2) is 0 Å². The Hall–Kier alpha value is -3.80. The summed E-state index contributed by atoms with van der Waals surface area (Å²) in [7, 11) is 0. The van der Waals surface area contributed by atoms with Gasteiger partial charge in [-0.2, -0.15) is 0 Å². The Morgan fingerprint density at radius 1 is 0.447 bits per heavy atom. The van der Waals surface area contributed by atoms with Crippen molar-refractivity contribution in [3.05, 3.63) is 146 Å². The van der Waals surface area contributed by atoms with Gasteiger partial charge in [0.1, 0.15) is 0 Å². The molecule has 0 bridgehead atoms. The van der Waals surface area contributed by atoms with Gasteiger partial charge in [-0.05, 0) is 0 Å². The van der Waals surface area contributed by atoms with Crippen LogP contribution in [0.5, 0.6) is 0 Å². The van der Waals surface area contributed by atoms with Crippen LogP contribution in [0.15, 0.2) is 146 Å². The second-order valence-electron chi connectivity index (χ2n) is 9.54. The van der Waals surface area contributed by atoms with Crippen LogP contribution < -0.4 is 15.9 Å². The summed E-state index contributed by atoms with van der Waals surface area (Å²) in [5.41, 5.74) is 1.17. The minimum absolute atomic E-state index is 0.995. The number of pyridine rings is 1. The quantitative estimate of drug-likeness (QED) is 0.121. The minimum atomic E-state index is -2.00. The molecule has 1 atom stereocenters. The molecule has 0 aliphatic rings. The molecule has 1 aromatic heterocycles. The SMILES string of the molecule is [Se]=P(c1ccccc1)(c1ccc(-c2ccc3ccc4ccccc4c3n2)cc1)c1cccc2ccccc12. The molecule has 38 heavy (non-hydrogen) atoms. The van der Waals surface area contributed by atoms with Gasteiger partial charge in [0.25, 0.3) is 0 Å². The maximum atomic E-state index is 5.12. The summed E-state index contributed by atoms with van der Waals surface area (Å²) in [6.07, 6.45) is 0. The van der Waals surface area contributed by atoms with E-state index < -0.39 is 5.51 Å². The summed E-state index contributed by atoms with van der Waals surface area (Å²) in [6.45, 7) is 0. The zero-order valence-electron chi connectivity index (χ0n) is 20.7. The van der Waals surface area contributed by atoms with Crippen molar-refractivity contribution in [3.8, 4) is 11.3 Å². The second-order valence-corrected chi connectivity index (χ2v) is 15.7. The average molecular weight is 569 g/mol. The first-order valence-corrected chi connectivity index (χ1v) is 16.8. The molecule has 180 valence electrons. The number of hydrogen-bond acceptors (Lipinski definition) is 1. The fourth-order valence-corrected chi connectivity index (χ4v) is 10.8. The molecular weight excluding hydrogens is 544 g/mol. The van der Waals surface area contributed by atoms with Crippen molar-refractivity contribution in [1.82, 2.24) is 4.98 Å². The molecule has 0 fully saturated rings. The summed E-state index contributed by atoms with van der Waals surface area (Å²) < 4.78 is 0. The number of benzene rings is 6. The van der Waals surface area contributed by atoms with E-state index in [1.807, 2.05) is 0 Å². The van der Waals surface area contributed by atoms with Gasteiger partial charge in [-0.1, -0.05) is 0 Å². The predicted octanol–water partition coefficient (Wildman–Crippen LogP) is 7.59. The Bertz CT molecular complexity index is 1990. The second kappa shape index (κ2) is 9.50. The van der Waals surface area contributed by atoms with Crippen molar-refractivity contribution in [1.29, 1.82) is 0 Å². The molecule has 0 amide bonds. The molecule has 0 spiro atoms.